The third-order valence-corrected chi connectivity index (χ3v) is 11.1. The Bertz CT molecular complexity index is 1000. The van der Waals surface area contributed by atoms with E-state index in [1.807, 2.05) is 0 Å². The number of ether oxygens (including phenoxy) is 1. The zero-order chi connectivity index (χ0) is 42.4. The summed E-state index contributed by atoms with van der Waals surface area (Å²) in [7, 11) is 0. The summed E-state index contributed by atoms with van der Waals surface area (Å²) in [6.07, 6.45) is 54.6. The molecule has 0 aliphatic heterocycles. The molecule has 0 heterocycles. The minimum Gasteiger partial charge on any atom is -0.462 e. The lowest BCUT2D eigenvalue weighted by atomic mass is 10.0. The maximum absolute atomic E-state index is 13.1. The summed E-state index contributed by atoms with van der Waals surface area (Å²) in [5.41, 5.74) is 0. The van der Waals surface area contributed by atoms with E-state index in [1.165, 1.54) is 96.3 Å². The van der Waals surface area contributed by atoms with E-state index < -0.39 is 18.2 Å². The number of carbonyl (C=O) groups is 2. The van der Waals surface area contributed by atoms with Crippen molar-refractivity contribution in [1.29, 1.82) is 0 Å². The van der Waals surface area contributed by atoms with Crippen LogP contribution in [0.15, 0.2) is 48.6 Å². The summed E-state index contributed by atoms with van der Waals surface area (Å²) in [6.45, 7) is 6.32. The smallest absolute Gasteiger partial charge is 0.306 e. The average Bonchev–Trinajstić information content (AvgIpc) is 3.22. The lowest BCUT2D eigenvalue weighted by Crippen LogP contribution is -2.46. The maximum atomic E-state index is 13.1. The molecular formula is C52H95NO5. The molecule has 3 unspecified atom stereocenters. The minimum absolute atomic E-state index is 0.0574. The quantitative estimate of drug-likeness (QED) is 0.0323. The van der Waals surface area contributed by atoms with Crippen LogP contribution in [-0.2, 0) is 14.3 Å². The number of aliphatic hydroxyl groups excluding tert-OH is 2. The number of esters is 1. The fourth-order valence-corrected chi connectivity index (χ4v) is 7.37. The van der Waals surface area contributed by atoms with Gasteiger partial charge in [-0.25, -0.2) is 0 Å². The van der Waals surface area contributed by atoms with E-state index in [9.17, 15) is 19.8 Å². The lowest BCUT2D eigenvalue weighted by Gasteiger charge is -2.24. The number of hydrogen-bond acceptors (Lipinski definition) is 5. The third-order valence-electron chi connectivity index (χ3n) is 11.1. The molecule has 0 fully saturated rings. The molecule has 0 saturated heterocycles. The zero-order valence-electron chi connectivity index (χ0n) is 38.4. The van der Waals surface area contributed by atoms with Gasteiger partial charge in [-0.05, 0) is 77.0 Å². The first-order valence-corrected chi connectivity index (χ1v) is 24.9. The van der Waals surface area contributed by atoms with Crippen LogP contribution in [0, 0.1) is 0 Å². The van der Waals surface area contributed by atoms with Gasteiger partial charge in [0, 0.05) is 6.42 Å². The predicted octanol–water partition coefficient (Wildman–Crippen LogP) is 14.7. The van der Waals surface area contributed by atoms with Crippen molar-refractivity contribution in [2.45, 2.75) is 264 Å². The van der Waals surface area contributed by atoms with Gasteiger partial charge in [0.15, 0.2) is 0 Å². The van der Waals surface area contributed by atoms with E-state index in [0.29, 0.717) is 19.3 Å². The number of rotatable bonds is 44. The molecule has 0 spiro atoms. The molecule has 0 aromatic heterocycles. The Morgan fingerprint density at radius 1 is 0.517 bits per heavy atom. The molecular weight excluding hydrogens is 719 g/mol. The van der Waals surface area contributed by atoms with Crippen LogP contribution < -0.4 is 5.32 Å². The van der Waals surface area contributed by atoms with Crippen molar-refractivity contribution in [2.24, 2.45) is 0 Å². The van der Waals surface area contributed by atoms with Gasteiger partial charge in [0.1, 0.15) is 6.10 Å². The van der Waals surface area contributed by atoms with Crippen molar-refractivity contribution in [3.05, 3.63) is 48.6 Å². The second kappa shape index (κ2) is 45.9. The van der Waals surface area contributed by atoms with Crippen molar-refractivity contribution < 1.29 is 24.5 Å². The first-order valence-electron chi connectivity index (χ1n) is 24.9. The molecule has 0 aliphatic carbocycles. The Kier molecular flexibility index (Phi) is 44.2. The maximum Gasteiger partial charge on any atom is 0.306 e. The van der Waals surface area contributed by atoms with Crippen molar-refractivity contribution in [2.75, 3.05) is 6.61 Å². The molecule has 338 valence electrons. The standard InChI is InChI=1S/C52H95NO5/c1-4-7-10-13-16-19-21-23-25-26-27-29-32-35-38-41-44-50(55)49(47-54)53-51(56)46-48(43-40-37-34-31-18-15-12-9-6-3)58-52(57)45-42-39-36-33-30-28-24-22-20-17-14-11-8-5-2/h8,11,15,17-18,20,24,28,48-50,54-55H,4-7,9-10,12-14,16,19,21-23,25-27,29-47H2,1-3H3,(H,53,56)/b11-8+,18-15-,20-17+,28-24+. The molecule has 1 amide bonds. The number of carbonyl (C=O) groups excluding carboxylic acids is 2. The van der Waals surface area contributed by atoms with Crippen molar-refractivity contribution in [3.63, 3.8) is 0 Å². The topological polar surface area (TPSA) is 95.9 Å². The predicted molar refractivity (Wildman–Crippen MR) is 250 cm³/mol. The summed E-state index contributed by atoms with van der Waals surface area (Å²) in [4.78, 5) is 26.0. The van der Waals surface area contributed by atoms with Gasteiger partial charge >= 0.3 is 5.97 Å². The van der Waals surface area contributed by atoms with Crippen LogP contribution in [-0.4, -0.2) is 46.9 Å². The summed E-state index contributed by atoms with van der Waals surface area (Å²) in [5.74, 6) is -0.516. The molecule has 0 bridgehead atoms. The molecule has 0 aliphatic rings. The molecule has 0 radical (unpaired) electrons. The number of amides is 1. The highest BCUT2D eigenvalue weighted by molar-refractivity contribution is 5.77. The fourth-order valence-electron chi connectivity index (χ4n) is 7.37. The minimum atomic E-state index is -0.794. The first-order chi connectivity index (χ1) is 28.5. The Balaban J connectivity index is 4.48. The molecule has 0 rings (SSSR count). The van der Waals surface area contributed by atoms with E-state index in [1.54, 1.807) is 0 Å². The molecule has 58 heavy (non-hydrogen) atoms. The fraction of sp³-hybridized carbons (Fsp3) is 0.808. The number of unbranched alkanes of at least 4 members (excludes halogenated alkanes) is 24. The second-order valence-corrected chi connectivity index (χ2v) is 16.8. The van der Waals surface area contributed by atoms with Gasteiger partial charge in [-0.2, -0.15) is 0 Å². The van der Waals surface area contributed by atoms with Gasteiger partial charge in [0.05, 0.1) is 25.2 Å². The number of hydrogen-bond donors (Lipinski definition) is 3. The van der Waals surface area contributed by atoms with Crippen molar-refractivity contribution in [3.8, 4) is 0 Å². The largest absolute Gasteiger partial charge is 0.462 e. The van der Waals surface area contributed by atoms with Crippen molar-refractivity contribution in [1.82, 2.24) is 5.32 Å². The van der Waals surface area contributed by atoms with Gasteiger partial charge in [0.2, 0.25) is 5.91 Å². The van der Waals surface area contributed by atoms with Crippen LogP contribution in [0.5, 0.6) is 0 Å². The van der Waals surface area contributed by atoms with Gasteiger partial charge in [-0.3, -0.25) is 9.59 Å². The molecule has 6 nitrogen and oxygen atoms in total. The number of nitrogens with one attached hydrogen (secondary N) is 1. The summed E-state index contributed by atoms with van der Waals surface area (Å²) in [6, 6.07) is -0.709. The summed E-state index contributed by atoms with van der Waals surface area (Å²) in [5, 5.41) is 23.7. The molecule has 6 heteroatoms. The average molecular weight is 814 g/mol. The highest BCUT2D eigenvalue weighted by Crippen LogP contribution is 2.17. The normalized spacial score (nSPS) is 13.7. The van der Waals surface area contributed by atoms with Crippen LogP contribution >= 0.6 is 0 Å². The van der Waals surface area contributed by atoms with Crippen LogP contribution in [0.25, 0.3) is 0 Å². The van der Waals surface area contributed by atoms with Crippen LogP contribution in [0.4, 0.5) is 0 Å². The van der Waals surface area contributed by atoms with E-state index in [4.69, 9.17) is 4.74 Å². The monoisotopic (exact) mass is 814 g/mol. The highest BCUT2D eigenvalue weighted by atomic mass is 16.5. The van der Waals surface area contributed by atoms with Crippen LogP contribution in [0.2, 0.25) is 0 Å². The van der Waals surface area contributed by atoms with E-state index in [-0.39, 0.29) is 24.9 Å². The van der Waals surface area contributed by atoms with Gasteiger partial charge in [-0.1, -0.05) is 204 Å². The van der Waals surface area contributed by atoms with Crippen LogP contribution in [0.3, 0.4) is 0 Å². The van der Waals surface area contributed by atoms with E-state index in [0.717, 1.165) is 103 Å². The molecule has 3 N–H and O–H groups in total. The highest BCUT2D eigenvalue weighted by Gasteiger charge is 2.24. The zero-order valence-corrected chi connectivity index (χ0v) is 38.4. The van der Waals surface area contributed by atoms with E-state index in [2.05, 4.69) is 74.7 Å². The third kappa shape index (κ3) is 40.6. The Labute approximate surface area is 359 Å². The molecule has 0 saturated carbocycles. The van der Waals surface area contributed by atoms with Crippen LogP contribution in [0.1, 0.15) is 245 Å². The summed E-state index contributed by atoms with van der Waals surface area (Å²) >= 11 is 0. The van der Waals surface area contributed by atoms with Gasteiger partial charge in [-0.15, -0.1) is 0 Å². The Hall–Kier alpha value is -2.18. The SMILES string of the molecule is CC/C=C/C/C=C/C/C=C/CCCCCCC(=O)OC(CCCCC/C=C\CCCC)CC(=O)NC(CO)C(O)CCCCCCCCCCCCCCCCCC. The second-order valence-electron chi connectivity index (χ2n) is 16.8. The summed E-state index contributed by atoms with van der Waals surface area (Å²) < 4.78 is 5.89. The Morgan fingerprint density at radius 3 is 1.50 bits per heavy atom. The van der Waals surface area contributed by atoms with Gasteiger partial charge < -0.3 is 20.3 Å². The molecule has 0 aromatic rings. The molecule has 3 atom stereocenters. The van der Waals surface area contributed by atoms with E-state index >= 15 is 0 Å². The van der Waals surface area contributed by atoms with Gasteiger partial charge in [0.25, 0.3) is 0 Å². The Morgan fingerprint density at radius 2 is 0.948 bits per heavy atom. The first kappa shape index (κ1) is 55.8. The molecule has 0 aromatic carbocycles. The lowest BCUT2D eigenvalue weighted by molar-refractivity contribution is -0.151. The number of allylic oxidation sites excluding steroid dienone is 8. The van der Waals surface area contributed by atoms with Crippen molar-refractivity contribution >= 4 is 11.9 Å². The number of aliphatic hydroxyl groups is 2.